The number of carbonyl (C=O) groups is 1. The number of carbonyl (C=O) groups excluding carboxylic acids is 1. The molecule has 0 fully saturated rings. The van der Waals surface area contributed by atoms with E-state index in [0.717, 1.165) is 5.56 Å². The maximum Gasteiger partial charge on any atom is 0.215 e. The zero-order chi connectivity index (χ0) is 12.0. The minimum atomic E-state index is -0.0345. The van der Waals surface area contributed by atoms with Crippen LogP contribution in [-0.2, 0) is 16.1 Å². The van der Waals surface area contributed by atoms with Crippen LogP contribution in [0.3, 0.4) is 0 Å². The first-order chi connectivity index (χ1) is 7.47. The second kappa shape index (κ2) is 6.06. The molecule has 0 saturated carbocycles. The fourth-order valence-corrected chi connectivity index (χ4v) is 2.02. The van der Waals surface area contributed by atoms with Crippen LogP contribution in [-0.4, -0.2) is 16.5 Å². The largest absolute Gasteiger partial charge is 0.368 e. The summed E-state index contributed by atoms with van der Waals surface area (Å²) in [6.45, 7) is 6.74. The quantitative estimate of drug-likeness (QED) is 0.805. The van der Waals surface area contributed by atoms with Gasteiger partial charge in [0.05, 0.1) is 6.61 Å². The molecule has 0 bridgehead atoms. The molecule has 1 aromatic rings. The Bertz CT molecular complexity index is 328. The van der Waals surface area contributed by atoms with Gasteiger partial charge < -0.3 is 4.74 Å². The van der Waals surface area contributed by atoms with Crippen molar-refractivity contribution in [3.05, 3.63) is 35.9 Å². The third-order valence-corrected chi connectivity index (χ3v) is 2.71. The lowest BCUT2D eigenvalue weighted by Crippen LogP contribution is -2.15. The second-order valence-electron chi connectivity index (χ2n) is 4.56. The van der Waals surface area contributed by atoms with E-state index >= 15 is 0 Å². The van der Waals surface area contributed by atoms with Crippen LogP contribution in [0.4, 0.5) is 0 Å². The van der Waals surface area contributed by atoms with E-state index in [1.54, 1.807) is 0 Å². The van der Waals surface area contributed by atoms with Crippen molar-refractivity contribution in [2.45, 2.75) is 32.1 Å². The minimum absolute atomic E-state index is 0.0345. The molecule has 16 heavy (non-hydrogen) atoms. The van der Waals surface area contributed by atoms with Crippen LogP contribution < -0.4 is 0 Å². The zero-order valence-electron chi connectivity index (χ0n) is 10.0. The third kappa shape index (κ3) is 5.93. The van der Waals surface area contributed by atoms with E-state index in [-0.39, 0.29) is 16.5 Å². The van der Waals surface area contributed by atoms with Crippen LogP contribution in [0, 0.1) is 0 Å². The molecule has 0 spiro atoms. The summed E-state index contributed by atoms with van der Waals surface area (Å²) in [7, 11) is 0. The molecule has 0 aliphatic carbocycles. The van der Waals surface area contributed by atoms with Crippen molar-refractivity contribution < 1.29 is 9.53 Å². The maximum absolute atomic E-state index is 11.5. The Balaban J connectivity index is 2.24. The normalized spacial score (nSPS) is 11.4. The van der Waals surface area contributed by atoms with Gasteiger partial charge >= 0.3 is 0 Å². The van der Waals surface area contributed by atoms with Gasteiger partial charge in [0, 0.05) is 4.75 Å². The molecule has 0 aliphatic rings. The molecule has 88 valence electrons. The van der Waals surface area contributed by atoms with Gasteiger partial charge in [0.1, 0.15) is 6.61 Å². The Labute approximate surface area is 101 Å². The van der Waals surface area contributed by atoms with Crippen molar-refractivity contribution in [1.29, 1.82) is 0 Å². The summed E-state index contributed by atoms with van der Waals surface area (Å²) in [5.41, 5.74) is 1.09. The van der Waals surface area contributed by atoms with Crippen molar-refractivity contribution in [3.8, 4) is 0 Å². The highest BCUT2D eigenvalue weighted by atomic mass is 32.2. The molecule has 0 radical (unpaired) electrons. The van der Waals surface area contributed by atoms with Gasteiger partial charge in [-0.3, -0.25) is 4.79 Å². The topological polar surface area (TPSA) is 26.3 Å². The van der Waals surface area contributed by atoms with E-state index in [2.05, 4.69) is 0 Å². The highest BCUT2D eigenvalue weighted by Gasteiger charge is 2.16. The second-order valence-corrected chi connectivity index (χ2v) is 6.45. The van der Waals surface area contributed by atoms with E-state index < -0.39 is 0 Å². The predicted molar refractivity (Wildman–Crippen MR) is 68.4 cm³/mol. The van der Waals surface area contributed by atoms with E-state index in [1.807, 2.05) is 51.1 Å². The summed E-state index contributed by atoms with van der Waals surface area (Å²) < 4.78 is 5.32. The number of hydrogen-bond acceptors (Lipinski definition) is 3. The lowest BCUT2D eigenvalue weighted by atomic mass is 10.2. The molecule has 1 rings (SSSR count). The molecule has 2 nitrogen and oxygen atoms in total. The van der Waals surface area contributed by atoms with Gasteiger partial charge in [0.2, 0.25) is 5.12 Å². The van der Waals surface area contributed by atoms with Gasteiger partial charge in [-0.1, -0.05) is 62.9 Å². The SMILES string of the molecule is CC(C)(C)SC(=O)COCc1ccccc1. The zero-order valence-corrected chi connectivity index (χ0v) is 10.8. The highest BCUT2D eigenvalue weighted by Crippen LogP contribution is 2.23. The summed E-state index contributed by atoms with van der Waals surface area (Å²) in [6.07, 6.45) is 0. The first kappa shape index (κ1) is 13.3. The first-order valence-electron chi connectivity index (χ1n) is 5.31. The Kier molecular flexibility index (Phi) is 5.03. The Hall–Kier alpha value is -0.800. The minimum Gasteiger partial charge on any atom is -0.368 e. The van der Waals surface area contributed by atoms with Crippen LogP contribution in [0.15, 0.2) is 30.3 Å². The van der Waals surface area contributed by atoms with Crippen LogP contribution >= 0.6 is 11.8 Å². The smallest absolute Gasteiger partial charge is 0.215 e. The van der Waals surface area contributed by atoms with E-state index in [4.69, 9.17) is 4.74 Å². The molecule has 0 atom stereocenters. The fourth-order valence-electron chi connectivity index (χ4n) is 1.20. The Morgan fingerprint density at radius 1 is 1.25 bits per heavy atom. The summed E-state index contributed by atoms with van der Waals surface area (Å²) in [4.78, 5) is 11.5. The van der Waals surface area contributed by atoms with Gasteiger partial charge in [0.25, 0.3) is 0 Å². The number of rotatable bonds is 4. The average molecular weight is 238 g/mol. The molecule has 0 aromatic heterocycles. The molecule has 0 aliphatic heterocycles. The fraction of sp³-hybridized carbons (Fsp3) is 0.462. The van der Waals surface area contributed by atoms with Crippen LogP contribution in [0.5, 0.6) is 0 Å². The van der Waals surface area contributed by atoms with Crippen molar-refractivity contribution >= 4 is 16.9 Å². The summed E-state index contributed by atoms with van der Waals surface area (Å²) in [5.74, 6) is 0. The summed E-state index contributed by atoms with van der Waals surface area (Å²) >= 11 is 1.33. The molecule has 0 heterocycles. The molecule has 0 amide bonds. The molecule has 0 N–H and O–H groups in total. The molecule has 1 aromatic carbocycles. The van der Waals surface area contributed by atoms with Crippen molar-refractivity contribution in [2.75, 3.05) is 6.61 Å². The lowest BCUT2D eigenvalue weighted by Gasteiger charge is -2.15. The molecule has 0 unspecified atom stereocenters. The average Bonchev–Trinajstić information content (AvgIpc) is 2.16. The predicted octanol–water partition coefficient (Wildman–Crippen LogP) is 3.26. The van der Waals surface area contributed by atoms with Crippen LogP contribution in [0.25, 0.3) is 0 Å². The molecular formula is C13H18O2S. The molecular weight excluding hydrogens is 220 g/mol. The van der Waals surface area contributed by atoms with E-state index in [9.17, 15) is 4.79 Å². The number of hydrogen-bond donors (Lipinski definition) is 0. The highest BCUT2D eigenvalue weighted by molar-refractivity contribution is 8.14. The van der Waals surface area contributed by atoms with E-state index in [0.29, 0.717) is 6.61 Å². The van der Waals surface area contributed by atoms with Gasteiger partial charge in [-0.2, -0.15) is 0 Å². The summed E-state index contributed by atoms with van der Waals surface area (Å²) in [6, 6.07) is 9.86. The van der Waals surface area contributed by atoms with Crippen LogP contribution in [0.2, 0.25) is 0 Å². The standard InChI is InChI=1S/C13H18O2S/c1-13(2,3)16-12(14)10-15-9-11-7-5-4-6-8-11/h4-8H,9-10H2,1-3H3. The Morgan fingerprint density at radius 3 is 2.44 bits per heavy atom. The van der Waals surface area contributed by atoms with E-state index in [1.165, 1.54) is 11.8 Å². The first-order valence-corrected chi connectivity index (χ1v) is 6.12. The van der Waals surface area contributed by atoms with Gasteiger partial charge in [-0.15, -0.1) is 0 Å². The monoisotopic (exact) mass is 238 g/mol. The van der Waals surface area contributed by atoms with Crippen molar-refractivity contribution in [1.82, 2.24) is 0 Å². The lowest BCUT2D eigenvalue weighted by molar-refractivity contribution is -0.115. The number of thioether (sulfide) groups is 1. The Morgan fingerprint density at radius 2 is 1.88 bits per heavy atom. The number of ether oxygens (including phenoxy) is 1. The van der Waals surface area contributed by atoms with Gasteiger partial charge in [-0.05, 0) is 5.56 Å². The van der Waals surface area contributed by atoms with Crippen molar-refractivity contribution in [2.24, 2.45) is 0 Å². The maximum atomic E-state index is 11.5. The molecule has 0 saturated heterocycles. The third-order valence-electron chi connectivity index (χ3n) is 1.75. The van der Waals surface area contributed by atoms with Gasteiger partial charge in [0.15, 0.2) is 0 Å². The van der Waals surface area contributed by atoms with Crippen LogP contribution in [0.1, 0.15) is 26.3 Å². The number of benzene rings is 1. The molecule has 3 heteroatoms. The van der Waals surface area contributed by atoms with Gasteiger partial charge in [-0.25, -0.2) is 0 Å². The van der Waals surface area contributed by atoms with Crippen molar-refractivity contribution in [3.63, 3.8) is 0 Å². The summed E-state index contributed by atoms with van der Waals surface area (Å²) in [5, 5.41) is 0.0865.